The maximum absolute atomic E-state index is 7.28. The van der Waals surface area contributed by atoms with Gasteiger partial charge in [0.2, 0.25) is 0 Å². The molecule has 1 radical (unpaired) electrons. The third-order valence-electron chi connectivity index (χ3n) is 10.5. The number of hydrogen-bond donors (Lipinski definition) is 0. The van der Waals surface area contributed by atoms with Crippen LogP contribution in [-0.4, -0.2) is 14.5 Å². The molecule has 295 valence electrons. The van der Waals surface area contributed by atoms with Gasteiger partial charge in [0, 0.05) is 45.7 Å². The number of thiophene rings is 1. The molecule has 3 heterocycles. The van der Waals surface area contributed by atoms with Gasteiger partial charge in [-0.15, -0.1) is 40.8 Å². The number of hydrogen-bond acceptors (Lipinski definition) is 3. The van der Waals surface area contributed by atoms with Gasteiger partial charge in [0.1, 0.15) is 0 Å². The van der Waals surface area contributed by atoms with Crippen molar-refractivity contribution in [1.29, 1.82) is 0 Å². The van der Waals surface area contributed by atoms with E-state index >= 15 is 0 Å². The Balaban J connectivity index is 0.000000238. The summed E-state index contributed by atoms with van der Waals surface area (Å²) in [6.07, 6.45) is 1.30. The van der Waals surface area contributed by atoms with Crippen LogP contribution in [0.1, 0.15) is 36.0 Å². The number of imidazole rings is 1. The van der Waals surface area contributed by atoms with Crippen molar-refractivity contribution in [3.8, 4) is 61.7 Å². The number of para-hydroxylation sites is 3. The Bertz CT molecular complexity index is 3170. The zero-order valence-electron chi connectivity index (χ0n) is 39.2. The van der Waals surface area contributed by atoms with Crippen molar-refractivity contribution in [2.24, 2.45) is 0 Å². The molecule has 5 heteroatoms. The van der Waals surface area contributed by atoms with E-state index in [0.717, 1.165) is 39.2 Å². The first kappa shape index (κ1) is 33.6. The van der Waals surface area contributed by atoms with Gasteiger partial charge in [0.05, 0.1) is 22.5 Å². The molecule has 0 atom stereocenters. The number of pyridine rings is 1. The monoisotopic (exact) mass is 976 g/mol. The molecule has 0 aliphatic rings. The number of aromatic nitrogens is 3. The molecule has 0 spiro atoms. The van der Waals surface area contributed by atoms with E-state index in [1.807, 2.05) is 0 Å². The molecule has 3 aromatic heterocycles. The first-order valence-corrected chi connectivity index (χ1v) is 20.3. The fraction of sp³-hybridized carbons (Fsp3) is 0.0909. The standard InChI is InChI=1S/C42H31N2S.C13H12N.Ir/c1-27-23-28(2)40(29(3)24-27)32-21-22-39-35(25-32)36(26-45-39)42-43-37-19-10-11-20-38(37)44(42)41-33(30-13-6-4-7-14-30)17-12-18-34(41)31-15-8-5-9-16-31;1-10-3-6-12(7-4-10)13-8-5-11(2)9-14-13;/h4-25H,1-3H3;3-6,8-9H,1-2H3;/q2*-1;/i;1D3,2D3;. The molecule has 0 saturated carbocycles. The maximum Gasteiger partial charge on any atom is 0.0774 e. The summed E-state index contributed by atoms with van der Waals surface area (Å²) in [4.78, 5) is 9.41. The third-order valence-corrected chi connectivity index (χ3v) is 11.4. The van der Waals surface area contributed by atoms with Crippen molar-refractivity contribution in [3.63, 3.8) is 0 Å². The van der Waals surface area contributed by atoms with Crippen LogP contribution in [0.4, 0.5) is 0 Å². The average Bonchev–Trinajstić information content (AvgIpc) is 3.90. The molecular weight excluding hydrogens is 927 g/mol. The zero-order chi connectivity index (χ0) is 45.5. The normalized spacial score (nSPS) is 12.8. The van der Waals surface area contributed by atoms with E-state index in [1.165, 1.54) is 73.4 Å². The van der Waals surface area contributed by atoms with Crippen LogP contribution in [0.25, 0.3) is 82.8 Å². The van der Waals surface area contributed by atoms with E-state index in [-0.39, 0.29) is 31.2 Å². The smallest absolute Gasteiger partial charge is 0.0774 e. The summed E-state index contributed by atoms with van der Waals surface area (Å²) in [5.41, 5.74) is 16.8. The molecule has 0 N–H and O–H groups in total. The molecule has 3 nitrogen and oxygen atoms in total. The molecule has 0 aliphatic heterocycles. The largest absolute Gasteiger partial charge is 0.332 e. The average molecular weight is 976 g/mol. The molecule has 10 aromatic rings. The molecule has 0 amide bonds. The molecular formula is C55H43IrN3S-2. The molecule has 0 aliphatic carbocycles. The van der Waals surface area contributed by atoms with E-state index in [4.69, 9.17) is 13.2 Å². The summed E-state index contributed by atoms with van der Waals surface area (Å²) in [6.45, 7) is 2.25. The van der Waals surface area contributed by atoms with Crippen molar-refractivity contribution in [1.82, 2.24) is 14.5 Å². The van der Waals surface area contributed by atoms with Gasteiger partial charge in [0.15, 0.2) is 0 Å². The predicted octanol–water partition coefficient (Wildman–Crippen LogP) is 14.8. The van der Waals surface area contributed by atoms with E-state index in [0.29, 0.717) is 11.3 Å². The number of benzene rings is 7. The molecule has 60 heavy (non-hydrogen) atoms. The second kappa shape index (κ2) is 17.5. The quantitative estimate of drug-likeness (QED) is 0.155. The van der Waals surface area contributed by atoms with Crippen LogP contribution in [0.3, 0.4) is 0 Å². The summed E-state index contributed by atoms with van der Waals surface area (Å²) in [6, 6.07) is 58.3. The second-order valence-electron chi connectivity index (χ2n) is 14.7. The SMILES string of the molecule is Cc1cc(C)c(-c2ccc3s[c-]c(-c4nc5ccccc5n4-c4c(-c5ccccc5)cccc4-c4ccccc4)c3c2)c(C)c1.[2H]C([2H])([2H])c1c[c-]c(-c2ccc(C([2H])([2H])[2H])cn2)cc1.[Ir]. The van der Waals surface area contributed by atoms with Crippen LogP contribution in [0.2, 0.25) is 0 Å². The summed E-state index contributed by atoms with van der Waals surface area (Å²) in [5.74, 6) is 0.900. The molecule has 0 bridgehead atoms. The van der Waals surface area contributed by atoms with Gasteiger partial charge in [-0.1, -0.05) is 162 Å². The van der Waals surface area contributed by atoms with E-state index in [2.05, 4.69) is 175 Å². The number of nitrogens with zero attached hydrogens (tertiary/aromatic N) is 3. The minimum atomic E-state index is -2.18. The minimum absolute atomic E-state index is 0. The molecule has 0 saturated heterocycles. The van der Waals surface area contributed by atoms with Gasteiger partial charge in [-0.3, -0.25) is 16.3 Å². The molecule has 10 rings (SSSR count). The van der Waals surface area contributed by atoms with Crippen LogP contribution < -0.4 is 0 Å². The summed E-state index contributed by atoms with van der Waals surface area (Å²) >= 11 is 1.66. The van der Waals surface area contributed by atoms with Gasteiger partial charge in [-0.25, -0.2) is 0 Å². The third kappa shape index (κ3) is 8.05. The van der Waals surface area contributed by atoms with Gasteiger partial charge in [-0.05, 0) is 84.4 Å². The summed E-state index contributed by atoms with van der Waals surface area (Å²) in [7, 11) is 0. The zero-order valence-corrected chi connectivity index (χ0v) is 36.5. The first-order chi connectivity index (χ1) is 31.2. The predicted molar refractivity (Wildman–Crippen MR) is 249 cm³/mol. The van der Waals surface area contributed by atoms with E-state index in [1.54, 1.807) is 23.5 Å². The first-order valence-electron chi connectivity index (χ1n) is 22.5. The Morgan fingerprint density at radius 2 is 1.28 bits per heavy atom. The Labute approximate surface area is 378 Å². The number of fused-ring (bicyclic) bond motifs is 2. The van der Waals surface area contributed by atoms with E-state index < -0.39 is 13.7 Å². The van der Waals surface area contributed by atoms with Gasteiger partial charge < -0.3 is 9.55 Å². The van der Waals surface area contributed by atoms with Crippen LogP contribution in [0, 0.1) is 45.9 Å². The fourth-order valence-electron chi connectivity index (χ4n) is 7.98. The van der Waals surface area contributed by atoms with Crippen molar-refractivity contribution in [2.45, 2.75) is 34.5 Å². The van der Waals surface area contributed by atoms with Crippen molar-refractivity contribution in [2.75, 3.05) is 0 Å². The molecule has 7 aromatic carbocycles. The molecule has 0 unspecified atom stereocenters. The van der Waals surface area contributed by atoms with Gasteiger partial charge in [-0.2, -0.15) is 0 Å². The van der Waals surface area contributed by atoms with Crippen LogP contribution in [-0.2, 0) is 20.1 Å². The Hall–Kier alpha value is -6.23. The van der Waals surface area contributed by atoms with Crippen molar-refractivity contribution in [3.05, 3.63) is 209 Å². The molecule has 0 fully saturated rings. The van der Waals surface area contributed by atoms with Crippen LogP contribution in [0.5, 0.6) is 0 Å². The van der Waals surface area contributed by atoms with Gasteiger partial charge in [0.25, 0.3) is 0 Å². The van der Waals surface area contributed by atoms with Crippen LogP contribution in [0.15, 0.2) is 170 Å². The Morgan fingerprint density at radius 1 is 0.617 bits per heavy atom. The second-order valence-corrected chi connectivity index (χ2v) is 15.5. The summed E-state index contributed by atoms with van der Waals surface area (Å²) < 4.78 is 47.2. The van der Waals surface area contributed by atoms with Gasteiger partial charge >= 0.3 is 0 Å². The summed E-state index contributed by atoms with van der Waals surface area (Å²) in [5, 5.41) is 4.87. The Kier molecular flexibility index (Phi) is 9.82. The Morgan fingerprint density at radius 3 is 1.92 bits per heavy atom. The number of rotatable bonds is 6. The topological polar surface area (TPSA) is 30.7 Å². The number of aryl methyl sites for hydroxylation is 5. The van der Waals surface area contributed by atoms with Crippen molar-refractivity contribution < 1.29 is 28.3 Å². The fourth-order valence-corrected chi connectivity index (χ4v) is 8.80. The maximum atomic E-state index is 7.28. The van der Waals surface area contributed by atoms with Crippen molar-refractivity contribution >= 4 is 32.5 Å². The minimum Gasteiger partial charge on any atom is -0.332 e. The van der Waals surface area contributed by atoms with E-state index in [9.17, 15) is 0 Å². The van der Waals surface area contributed by atoms with Crippen LogP contribution >= 0.6 is 11.3 Å².